The lowest BCUT2D eigenvalue weighted by Gasteiger charge is -1.98. The minimum absolute atomic E-state index is 0.204. The van der Waals surface area contributed by atoms with Crippen molar-refractivity contribution in [2.24, 2.45) is 0 Å². The standard InChI is InChI=1S/C18H12O4/c19-17(20)10-7-12-5-8-13(9-6-12)18(21)16-11-14-3-1-2-4-15(14)22-16/h1-11H,(H,19,20)/b10-7+. The summed E-state index contributed by atoms with van der Waals surface area (Å²) in [6.07, 6.45) is 2.52. The van der Waals surface area contributed by atoms with Crippen molar-refractivity contribution < 1.29 is 19.1 Å². The van der Waals surface area contributed by atoms with E-state index in [2.05, 4.69) is 0 Å². The molecule has 0 amide bonds. The Labute approximate surface area is 126 Å². The molecule has 1 heterocycles. The summed E-state index contributed by atoms with van der Waals surface area (Å²) in [5.74, 6) is -0.928. The Bertz CT molecular complexity index is 836. The molecular formula is C18H12O4. The summed E-state index contributed by atoms with van der Waals surface area (Å²) in [5.41, 5.74) is 1.88. The Hall–Kier alpha value is -3.14. The second-order valence-corrected chi connectivity index (χ2v) is 4.77. The minimum Gasteiger partial charge on any atom is -0.478 e. The van der Waals surface area contributed by atoms with E-state index in [1.54, 1.807) is 30.3 Å². The van der Waals surface area contributed by atoms with Gasteiger partial charge in [0.1, 0.15) is 5.58 Å². The monoisotopic (exact) mass is 292 g/mol. The topological polar surface area (TPSA) is 67.5 Å². The zero-order valence-electron chi connectivity index (χ0n) is 11.5. The Morgan fingerprint density at radius 3 is 2.41 bits per heavy atom. The van der Waals surface area contributed by atoms with Gasteiger partial charge in [0, 0.05) is 17.0 Å². The molecule has 0 saturated heterocycles. The quantitative estimate of drug-likeness (QED) is 0.587. The van der Waals surface area contributed by atoms with Crippen LogP contribution in [-0.2, 0) is 4.79 Å². The van der Waals surface area contributed by atoms with Crippen LogP contribution < -0.4 is 0 Å². The molecular weight excluding hydrogens is 280 g/mol. The molecule has 0 aliphatic heterocycles. The van der Waals surface area contributed by atoms with Crippen molar-refractivity contribution in [1.29, 1.82) is 0 Å². The lowest BCUT2D eigenvalue weighted by atomic mass is 10.1. The molecule has 1 N–H and O–H groups in total. The lowest BCUT2D eigenvalue weighted by Crippen LogP contribution is -1.99. The molecule has 2 aromatic carbocycles. The molecule has 0 unspecified atom stereocenters. The second kappa shape index (κ2) is 5.69. The number of benzene rings is 2. The van der Waals surface area contributed by atoms with Crippen molar-refractivity contribution >= 4 is 28.8 Å². The number of fused-ring (bicyclic) bond motifs is 1. The first-order valence-electron chi connectivity index (χ1n) is 6.68. The maximum Gasteiger partial charge on any atom is 0.328 e. The third kappa shape index (κ3) is 2.81. The van der Waals surface area contributed by atoms with Gasteiger partial charge >= 0.3 is 5.97 Å². The minimum atomic E-state index is -1.01. The average molecular weight is 292 g/mol. The average Bonchev–Trinajstić information content (AvgIpc) is 2.96. The molecule has 0 aliphatic rings. The summed E-state index contributed by atoms with van der Waals surface area (Å²) in [7, 11) is 0. The molecule has 0 bridgehead atoms. The number of ketones is 1. The van der Waals surface area contributed by atoms with Crippen molar-refractivity contribution in [2.45, 2.75) is 0 Å². The highest BCUT2D eigenvalue weighted by molar-refractivity contribution is 6.09. The Balaban J connectivity index is 1.87. The van der Waals surface area contributed by atoms with Gasteiger partial charge in [0.2, 0.25) is 5.78 Å². The first kappa shape index (κ1) is 13.8. The van der Waals surface area contributed by atoms with Gasteiger partial charge in [-0.1, -0.05) is 42.5 Å². The molecule has 4 nitrogen and oxygen atoms in total. The number of hydrogen-bond donors (Lipinski definition) is 1. The van der Waals surface area contributed by atoms with Crippen LogP contribution in [0.3, 0.4) is 0 Å². The van der Waals surface area contributed by atoms with Crippen LogP contribution in [-0.4, -0.2) is 16.9 Å². The Kier molecular flexibility index (Phi) is 3.58. The van der Waals surface area contributed by atoms with Crippen LogP contribution >= 0.6 is 0 Å². The molecule has 1 aromatic heterocycles. The molecule has 3 aromatic rings. The Morgan fingerprint density at radius 1 is 1.00 bits per heavy atom. The largest absolute Gasteiger partial charge is 0.478 e. The van der Waals surface area contributed by atoms with Crippen LogP contribution in [0.5, 0.6) is 0 Å². The van der Waals surface area contributed by atoms with Gasteiger partial charge in [-0.2, -0.15) is 0 Å². The van der Waals surface area contributed by atoms with Crippen molar-refractivity contribution in [3.63, 3.8) is 0 Å². The number of para-hydroxylation sites is 1. The highest BCUT2D eigenvalue weighted by atomic mass is 16.4. The molecule has 0 radical (unpaired) electrons. The van der Waals surface area contributed by atoms with Crippen molar-refractivity contribution in [2.75, 3.05) is 0 Å². The Morgan fingerprint density at radius 2 is 1.73 bits per heavy atom. The molecule has 3 rings (SSSR count). The van der Waals surface area contributed by atoms with Crippen molar-refractivity contribution in [3.8, 4) is 0 Å². The van der Waals surface area contributed by atoms with Crippen LogP contribution in [0.4, 0.5) is 0 Å². The maximum absolute atomic E-state index is 12.4. The normalized spacial score (nSPS) is 11.1. The number of carboxylic acid groups (broad SMARTS) is 1. The molecule has 4 heteroatoms. The predicted octanol–water partition coefficient (Wildman–Crippen LogP) is 3.76. The molecule has 0 atom stereocenters. The van der Waals surface area contributed by atoms with Gasteiger partial charge in [-0.25, -0.2) is 4.79 Å². The van der Waals surface area contributed by atoms with E-state index in [4.69, 9.17) is 9.52 Å². The van der Waals surface area contributed by atoms with E-state index in [-0.39, 0.29) is 11.5 Å². The van der Waals surface area contributed by atoms with Crippen LogP contribution in [0.25, 0.3) is 17.0 Å². The number of carboxylic acids is 1. The summed E-state index contributed by atoms with van der Waals surface area (Å²) < 4.78 is 5.55. The van der Waals surface area contributed by atoms with Gasteiger partial charge in [0.05, 0.1) is 0 Å². The van der Waals surface area contributed by atoms with Crippen molar-refractivity contribution in [3.05, 3.63) is 77.6 Å². The SMILES string of the molecule is O=C(O)/C=C/c1ccc(C(=O)c2cc3ccccc3o2)cc1. The molecule has 0 spiro atoms. The highest BCUT2D eigenvalue weighted by Crippen LogP contribution is 2.21. The van der Waals surface area contributed by atoms with E-state index in [1.165, 1.54) is 6.08 Å². The molecule has 0 aliphatic carbocycles. The van der Waals surface area contributed by atoms with Crippen LogP contribution in [0.1, 0.15) is 21.7 Å². The lowest BCUT2D eigenvalue weighted by molar-refractivity contribution is -0.131. The first-order valence-corrected chi connectivity index (χ1v) is 6.68. The number of rotatable bonds is 4. The van der Waals surface area contributed by atoms with Gasteiger partial charge < -0.3 is 9.52 Å². The smallest absolute Gasteiger partial charge is 0.328 e. The van der Waals surface area contributed by atoms with E-state index in [0.29, 0.717) is 16.7 Å². The van der Waals surface area contributed by atoms with Crippen molar-refractivity contribution in [1.82, 2.24) is 0 Å². The number of aliphatic carboxylic acids is 1. The van der Waals surface area contributed by atoms with Crippen LogP contribution in [0, 0.1) is 0 Å². The van der Waals surface area contributed by atoms with E-state index in [9.17, 15) is 9.59 Å². The third-order valence-electron chi connectivity index (χ3n) is 3.24. The molecule has 22 heavy (non-hydrogen) atoms. The van der Waals surface area contributed by atoms with E-state index < -0.39 is 5.97 Å². The summed E-state index contributed by atoms with van der Waals surface area (Å²) >= 11 is 0. The van der Waals surface area contributed by atoms with E-state index >= 15 is 0 Å². The van der Waals surface area contributed by atoms with Gasteiger partial charge in [0.25, 0.3) is 0 Å². The summed E-state index contributed by atoms with van der Waals surface area (Å²) in [5, 5.41) is 9.46. The highest BCUT2D eigenvalue weighted by Gasteiger charge is 2.14. The second-order valence-electron chi connectivity index (χ2n) is 4.77. The molecule has 108 valence electrons. The fraction of sp³-hybridized carbons (Fsp3) is 0. The summed E-state index contributed by atoms with van der Waals surface area (Å²) in [4.78, 5) is 22.9. The summed E-state index contributed by atoms with van der Waals surface area (Å²) in [6.45, 7) is 0. The van der Waals surface area contributed by atoms with Crippen LogP contribution in [0.15, 0.2) is 65.1 Å². The predicted molar refractivity (Wildman–Crippen MR) is 82.8 cm³/mol. The van der Waals surface area contributed by atoms with Gasteiger partial charge in [-0.3, -0.25) is 4.79 Å². The zero-order chi connectivity index (χ0) is 15.5. The third-order valence-corrected chi connectivity index (χ3v) is 3.24. The number of furan rings is 1. The fourth-order valence-corrected chi connectivity index (χ4v) is 2.15. The van der Waals surface area contributed by atoms with Gasteiger partial charge in [0.15, 0.2) is 5.76 Å². The van der Waals surface area contributed by atoms with Gasteiger partial charge in [-0.15, -0.1) is 0 Å². The fourth-order valence-electron chi connectivity index (χ4n) is 2.15. The molecule has 0 fully saturated rings. The first-order chi connectivity index (χ1) is 10.6. The number of carbonyl (C=O) groups is 2. The summed E-state index contributed by atoms with van der Waals surface area (Å²) in [6, 6.07) is 15.8. The van der Waals surface area contributed by atoms with Gasteiger partial charge in [-0.05, 0) is 23.8 Å². The van der Waals surface area contributed by atoms with E-state index in [1.807, 2.05) is 24.3 Å². The maximum atomic E-state index is 12.4. The number of carbonyl (C=O) groups excluding carboxylic acids is 1. The van der Waals surface area contributed by atoms with E-state index in [0.717, 1.165) is 11.5 Å². The number of hydrogen-bond acceptors (Lipinski definition) is 3. The zero-order valence-corrected chi connectivity index (χ0v) is 11.5. The molecule has 0 saturated carbocycles. The van der Waals surface area contributed by atoms with Crippen LogP contribution in [0.2, 0.25) is 0 Å².